The first-order chi connectivity index (χ1) is 31.9. The number of hydrogen-bond acceptors (Lipinski definition) is 16. The molecule has 1 aromatic rings. The van der Waals surface area contributed by atoms with Crippen molar-refractivity contribution in [1.82, 2.24) is 0 Å². The molecule has 0 spiro atoms. The molecule has 16 nitrogen and oxygen atoms in total. The Morgan fingerprint density at radius 2 is 1.52 bits per heavy atom. The lowest BCUT2D eigenvalue weighted by molar-refractivity contribution is -0.345. The average molecular weight is 945 g/mol. The van der Waals surface area contributed by atoms with Crippen molar-refractivity contribution in [3.8, 4) is 5.75 Å². The summed E-state index contributed by atoms with van der Waals surface area (Å²) in [6, 6.07) is 6.06. The molecular formula is C51H76O16. The lowest BCUT2D eigenvalue weighted by atomic mass is 9.46. The van der Waals surface area contributed by atoms with Gasteiger partial charge in [-0.3, -0.25) is 9.59 Å². The van der Waals surface area contributed by atoms with E-state index in [9.17, 15) is 39.9 Å². The normalized spacial score (nSPS) is 39.7. The zero-order valence-corrected chi connectivity index (χ0v) is 40.2. The number of aliphatic hydroxyl groups is 5. The van der Waals surface area contributed by atoms with Crippen molar-refractivity contribution in [3.63, 3.8) is 0 Å². The third-order valence-electron chi connectivity index (χ3n) is 16.6. The molecule has 6 aliphatic rings. The van der Waals surface area contributed by atoms with Crippen LogP contribution >= 0.6 is 0 Å². The first-order valence-electron chi connectivity index (χ1n) is 24.8. The number of rotatable bonds is 18. The molecule has 0 amide bonds. The second-order valence-electron chi connectivity index (χ2n) is 20.7. The zero-order chi connectivity index (χ0) is 48.3. The van der Waals surface area contributed by atoms with Crippen LogP contribution in [-0.4, -0.2) is 137 Å². The van der Waals surface area contributed by atoms with Crippen LogP contribution in [0.25, 0.3) is 0 Å². The van der Waals surface area contributed by atoms with Gasteiger partial charge in [-0.2, -0.15) is 0 Å². The van der Waals surface area contributed by atoms with Crippen LogP contribution in [0.2, 0.25) is 0 Å². The van der Waals surface area contributed by atoms with Gasteiger partial charge in [-0.05, 0) is 98.8 Å². The summed E-state index contributed by atoms with van der Waals surface area (Å²) < 4.78 is 47.8. The Bertz CT molecular complexity index is 1870. The van der Waals surface area contributed by atoms with Crippen molar-refractivity contribution in [2.45, 2.75) is 192 Å². The highest BCUT2D eigenvalue weighted by Crippen LogP contribution is 2.69. The monoisotopic (exact) mass is 945 g/mol. The topological polar surface area (TPSA) is 226 Å². The van der Waals surface area contributed by atoms with Crippen LogP contribution in [0, 0.1) is 34.5 Å². The molecular weight excluding hydrogens is 869 g/mol. The number of carbonyl (C=O) groups is 3. The molecule has 3 saturated carbocycles. The summed E-state index contributed by atoms with van der Waals surface area (Å²) in [5.74, 6) is -1.58. The van der Waals surface area contributed by atoms with Crippen LogP contribution in [0.3, 0.4) is 0 Å². The van der Waals surface area contributed by atoms with Gasteiger partial charge in [-0.1, -0.05) is 71.4 Å². The highest BCUT2D eigenvalue weighted by molar-refractivity contribution is 5.89. The molecule has 0 bridgehead atoms. The van der Waals surface area contributed by atoms with E-state index in [0.717, 1.165) is 57.8 Å². The van der Waals surface area contributed by atoms with Crippen molar-refractivity contribution >= 4 is 17.9 Å². The van der Waals surface area contributed by atoms with Gasteiger partial charge < -0.3 is 63.4 Å². The summed E-state index contributed by atoms with van der Waals surface area (Å²) in [6.45, 7) is 8.86. The summed E-state index contributed by atoms with van der Waals surface area (Å²) in [5, 5.41) is 57.4. The fourth-order valence-electron chi connectivity index (χ4n) is 12.8. The minimum atomic E-state index is -1.66. The summed E-state index contributed by atoms with van der Waals surface area (Å²) in [5.41, 5.74) is -0.951. The van der Waals surface area contributed by atoms with Crippen molar-refractivity contribution in [3.05, 3.63) is 41.5 Å². The Morgan fingerprint density at radius 3 is 2.22 bits per heavy atom. The molecule has 0 aromatic heterocycles. The number of benzene rings is 1. The van der Waals surface area contributed by atoms with E-state index in [1.807, 2.05) is 6.92 Å². The number of hydrogen-bond donors (Lipinski definition) is 5. The molecule has 17 atom stereocenters. The summed E-state index contributed by atoms with van der Waals surface area (Å²) in [6.07, 6.45) is 0.494. The number of unbranched alkanes of at least 4 members (excludes halogenated alkanes) is 5. The standard InChI is InChI=1S/C51H76O16/c1-7-8-9-10-11-12-13-41(56)61-26-29(2)51(59)40(25-37-35-19-16-32-24-33(53)20-22-49(32,4)36(35)21-23-50(37,51)5)65-48-45(64-30(3)52)43(39(55)28-63-48)67-47-44(42(57)38(54)27-62-47)66-46(58)31-14-17-34(60-6)18-15-31/h14-18,29,33,35-40,42-45,47-48,53-55,57,59H,7-13,19-28H2,1-6H3/t29-,33+,35-,36+,37+,38-,39+,40+,42+,43+,44-,45-,47+,48+,49+,50+,51-/m1/s1. The third-order valence-corrected chi connectivity index (χ3v) is 16.6. The molecule has 2 heterocycles. The lowest BCUT2D eigenvalue weighted by Crippen LogP contribution is -2.64. The van der Waals surface area contributed by atoms with E-state index in [1.54, 1.807) is 12.1 Å². The van der Waals surface area contributed by atoms with E-state index < -0.39 is 90.8 Å². The molecule has 1 aromatic carbocycles. The van der Waals surface area contributed by atoms with Crippen molar-refractivity contribution in [2.24, 2.45) is 34.5 Å². The van der Waals surface area contributed by atoms with Crippen LogP contribution in [0.4, 0.5) is 0 Å². The van der Waals surface area contributed by atoms with Gasteiger partial charge in [-0.25, -0.2) is 4.79 Å². The molecule has 7 rings (SSSR count). The van der Waals surface area contributed by atoms with Crippen LogP contribution in [0.5, 0.6) is 5.75 Å². The number of aliphatic hydroxyl groups excluding tert-OH is 4. The number of methoxy groups -OCH3 is 1. The lowest BCUT2D eigenvalue weighted by Gasteiger charge is -2.59. The first kappa shape index (κ1) is 51.7. The molecule has 16 heteroatoms. The molecule has 2 saturated heterocycles. The van der Waals surface area contributed by atoms with Gasteiger partial charge in [0.25, 0.3) is 0 Å². The highest BCUT2D eigenvalue weighted by atomic mass is 16.8. The Labute approximate surface area is 394 Å². The predicted octanol–water partition coefficient (Wildman–Crippen LogP) is 5.31. The minimum absolute atomic E-state index is 0.0397. The van der Waals surface area contributed by atoms with Crippen LogP contribution in [-0.2, 0) is 42.7 Å². The second kappa shape index (κ2) is 21.8. The number of carbonyl (C=O) groups excluding carboxylic acids is 3. The molecule has 4 aliphatic carbocycles. The molecule has 0 unspecified atom stereocenters. The summed E-state index contributed by atoms with van der Waals surface area (Å²) in [7, 11) is 1.48. The Hall–Kier alpha value is -3.19. The molecule has 0 radical (unpaired) electrons. The fraction of sp³-hybridized carbons (Fsp3) is 0.784. The zero-order valence-electron chi connectivity index (χ0n) is 40.2. The van der Waals surface area contributed by atoms with E-state index in [2.05, 4.69) is 26.8 Å². The predicted molar refractivity (Wildman–Crippen MR) is 241 cm³/mol. The number of esters is 3. The van der Waals surface area contributed by atoms with E-state index in [-0.39, 0.29) is 54.5 Å². The second-order valence-corrected chi connectivity index (χ2v) is 20.7. The Balaban J connectivity index is 1.14. The molecule has 67 heavy (non-hydrogen) atoms. The van der Waals surface area contributed by atoms with Crippen LogP contribution in [0.1, 0.15) is 135 Å². The quantitative estimate of drug-likeness (QED) is 0.0544. The van der Waals surface area contributed by atoms with Gasteiger partial charge in [0.1, 0.15) is 35.8 Å². The van der Waals surface area contributed by atoms with E-state index in [0.29, 0.717) is 30.9 Å². The molecule has 2 aliphatic heterocycles. The third kappa shape index (κ3) is 10.6. The molecule has 5 N–H and O–H groups in total. The maximum atomic E-state index is 13.5. The van der Waals surface area contributed by atoms with Gasteiger partial charge in [0.05, 0.1) is 44.7 Å². The van der Waals surface area contributed by atoms with Crippen molar-refractivity contribution in [2.75, 3.05) is 26.9 Å². The largest absolute Gasteiger partial charge is 0.497 e. The van der Waals surface area contributed by atoms with Crippen molar-refractivity contribution in [1.29, 1.82) is 0 Å². The van der Waals surface area contributed by atoms with Gasteiger partial charge in [0.15, 0.2) is 24.8 Å². The van der Waals surface area contributed by atoms with Gasteiger partial charge in [-0.15, -0.1) is 0 Å². The number of allylic oxidation sites excluding steroid dienone is 1. The first-order valence-corrected chi connectivity index (χ1v) is 24.8. The minimum Gasteiger partial charge on any atom is -0.497 e. The summed E-state index contributed by atoms with van der Waals surface area (Å²) in [4.78, 5) is 39.4. The van der Waals surface area contributed by atoms with E-state index in [1.165, 1.54) is 38.2 Å². The van der Waals surface area contributed by atoms with Crippen LogP contribution in [0.15, 0.2) is 35.9 Å². The Kier molecular flexibility index (Phi) is 16.8. The maximum Gasteiger partial charge on any atom is 0.338 e. The Morgan fingerprint density at radius 1 is 0.836 bits per heavy atom. The number of fused-ring (bicyclic) bond motifs is 5. The maximum absolute atomic E-state index is 13.5. The molecule has 5 fully saturated rings. The fourth-order valence-corrected chi connectivity index (χ4v) is 12.8. The van der Waals surface area contributed by atoms with Gasteiger partial charge in [0, 0.05) is 24.7 Å². The van der Waals surface area contributed by atoms with Gasteiger partial charge >= 0.3 is 17.9 Å². The van der Waals surface area contributed by atoms with Crippen LogP contribution < -0.4 is 4.74 Å². The van der Waals surface area contributed by atoms with Gasteiger partial charge in [0.2, 0.25) is 0 Å². The summed E-state index contributed by atoms with van der Waals surface area (Å²) >= 11 is 0. The van der Waals surface area contributed by atoms with E-state index in [4.69, 9.17) is 37.9 Å². The smallest absolute Gasteiger partial charge is 0.338 e. The molecule has 376 valence electrons. The SMILES string of the molecule is CCCCCCCCC(=O)OC[C@@H](C)[C@@]1(O)[C@@H](O[C@@H]2OC[C@H](O)[C@H](O[C@@H]3OC[C@@H](O)[C@H](O)[C@H]3OC(=O)c3ccc(OC)cc3)[C@H]2OC(C)=O)C[C@H]2[C@@H]3CC=C4C[C@@H](O)CC[C@]4(C)[C@H]3CC[C@@]21C. The van der Waals surface area contributed by atoms with E-state index >= 15 is 0 Å². The highest BCUT2D eigenvalue weighted by Gasteiger charge is 2.70. The van der Waals surface area contributed by atoms with Crippen molar-refractivity contribution < 1.29 is 77.8 Å². The number of ether oxygens (including phenoxy) is 8. The average Bonchev–Trinajstić information content (AvgIpc) is 3.54.